The first-order valence-corrected chi connectivity index (χ1v) is 11.5. The van der Waals surface area contributed by atoms with Crippen LogP contribution in [0.1, 0.15) is 34.7 Å². The summed E-state index contributed by atoms with van der Waals surface area (Å²) >= 11 is 6.06. The fourth-order valence-electron chi connectivity index (χ4n) is 3.76. The molecule has 1 aliphatic heterocycles. The van der Waals surface area contributed by atoms with Gasteiger partial charge in [-0.2, -0.15) is 0 Å². The zero-order valence-electron chi connectivity index (χ0n) is 19.7. The highest BCUT2D eigenvalue weighted by Gasteiger charge is 2.29. The van der Waals surface area contributed by atoms with E-state index in [2.05, 4.69) is 20.6 Å². The molecule has 10 nitrogen and oxygen atoms in total. The van der Waals surface area contributed by atoms with Crippen LogP contribution in [0.3, 0.4) is 0 Å². The van der Waals surface area contributed by atoms with Crippen molar-refractivity contribution in [2.45, 2.75) is 32.5 Å². The third-order valence-corrected chi connectivity index (χ3v) is 6.24. The van der Waals surface area contributed by atoms with Gasteiger partial charge in [0, 0.05) is 36.9 Å². The van der Waals surface area contributed by atoms with E-state index < -0.39 is 35.3 Å². The molecule has 0 radical (unpaired) electrons. The zero-order chi connectivity index (χ0) is 26.1. The van der Waals surface area contributed by atoms with Gasteiger partial charge in [-0.15, -0.1) is 0 Å². The number of carbonyl (C=O) groups is 2. The van der Waals surface area contributed by atoms with Crippen LogP contribution in [-0.2, 0) is 6.54 Å². The second-order valence-corrected chi connectivity index (χ2v) is 8.98. The molecular formula is C24H24ClFN6O4. The summed E-state index contributed by atoms with van der Waals surface area (Å²) in [4.78, 5) is 48.8. The average Bonchev–Trinajstić information content (AvgIpc) is 2.84. The largest absolute Gasteiger partial charge is 0.391 e. The number of fused-ring (bicyclic) bond motifs is 1. The average molecular weight is 515 g/mol. The minimum absolute atomic E-state index is 0.0126. The molecule has 2 unspecified atom stereocenters. The summed E-state index contributed by atoms with van der Waals surface area (Å²) in [6, 6.07) is 4.66. The van der Waals surface area contributed by atoms with Gasteiger partial charge < -0.3 is 20.6 Å². The van der Waals surface area contributed by atoms with E-state index in [1.54, 1.807) is 14.0 Å². The van der Waals surface area contributed by atoms with Crippen LogP contribution in [0.2, 0.25) is 5.02 Å². The molecule has 3 aromatic rings. The van der Waals surface area contributed by atoms with E-state index in [-0.39, 0.29) is 52.0 Å². The lowest BCUT2D eigenvalue weighted by Gasteiger charge is -2.29. The van der Waals surface area contributed by atoms with Crippen molar-refractivity contribution in [3.8, 4) is 11.1 Å². The van der Waals surface area contributed by atoms with Crippen LogP contribution in [0, 0.1) is 5.82 Å². The predicted molar refractivity (Wildman–Crippen MR) is 132 cm³/mol. The number of pyridine rings is 1. The Kier molecular flexibility index (Phi) is 7.04. The summed E-state index contributed by atoms with van der Waals surface area (Å²) in [6.07, 6.45) is 1.70. The zero-order valence-corrected chi connectivity index (χ0v) is 20.5. The molecule has 0 fully saturated rings. The Hall–Kier alpha value is -3.83. The number of benzene rings is 1. The van der Waals surface area contributed by atoms with Crippen molar-refractivity contribution in [2.24, 2.45) is 0 Å². The number of hydrogen-bond donors (Lipinski definition) is 3. The van der Waals surface area contributed by atoms with E-state index in [0.29, 0.717) is 0 Å². The van der Waals surface area contributed by atoms with Crippen molar-refractivity contribution in [2.75, 3.05) is 18.9 Å². The lowest BCUT2D eigenvalue weighted by Crippen LogP contribution is -2.43. The van der Waals surface area contributed by atoms with Gasteiger partial charge >= 0.3 is 0 Å². The minimum atomic E-state index is -0.800. The van der Waals surface area contributed by atoms with Crippen molar-refractivity contribution in [3.05, 3.63) is 69.2 Å². The highest BCUT2D eigenvalue weighted by atomic mass is 35.5. The lowest BCUT2D eigenvalue weighted by atomic mass is 10.0. The fraction of sp³-hybridized carbons (Fsp3) is 0.292. The van der Waals surface area contributed by atoms with E-state index in [0.717, 1.165) is 6.07 Å². The van der Waals surface area contributed by atoms with E-state index in [4.69, 9.17) is 11.6 Å². The standard InChI is InChI=1S/C24H24ClFN6O4/c1-12(13(2)33)29-22(34)17-10-27-11-28-21(17)30-19-9-16(15-8-14(25)4-5-18(15)26)23(35)32-7-6-31(3)24(36)20(19)32/h4-5,8-13,33H,6-7H2,1-3H3,(H,29,34)(H,27,28,30). The number of aliphatic hydroxyl groups is 1. The molecule has 0 aliphatic carbocycles. The second-order valence-electron chi connectivity index (χ2n) is 8.54. The highest BCUT2D eigenvalue weighted by molar-refractivity contribution is 6.30. The number of halogens is 2. The predicted octanol–water partition coefficient (Wildman–Crippen LogP) is 2.43. The van der Waals surface area contributed by atoms with Gasteiger partial charge in [-0.25, -0.2) is 14.4 Å². The van der Waals surface area contributed by atoms with Crippen molar-refractivity contribution >= 4 is 34.9 Å². The van der Waals surface area contributed by atoms with E-state index in [1.165, 1.54) is 47.1 Å². The van der Waals surface area contributed by atoms with Crippen LogP contribution in [0.25, 0.3) is 11.1 Å². The molecule has 2 aromatic heterocycles. The lowest BCUT2D eigenvalue weighted by molar-refractivity contribution is 0.0747. The van der Waals surface area contributed by atoms with E-state index in [1.807, 2.05) is 0 Å². The number of anilines is 2. The number of nitrogens with zero attached hydrogens (tertiary/aromatic N) is 4. The van der Waals surface area contributed by atoms with Crippen LogP contribution in [0.4, 0.5) is 15.9 Å². The third-order valence-electron chi connectivity index (χ3n) is 6.01. The minimum Gasteiger partial charge on any atom is -0.391 e. The number of rotatable bonds is 6. The first-order chi connectivity index (χ1) is 17.1. The van der Waals surface area contributed by atoms with Crippen LogP contribution >= 0.6 is 11.6 Å². The van der Waals surface area contributed by atoms with Gasteiger partial charge in [-0.3, -0.25) is 19.0 Å². The maximum Gasteiger partial charge on any atom is 0.272 e. The number of carbonyl (C=O) groups excluding carboxylic acids is 2. The molecule has 12 heteroatoms. The van der Waals surface area contributed by atoms with Gasteiger partial charge in [-0.1, -0.05) is 11.6 Å². The molecule has 3 N–H and O–H groups in total. The number of aromatic nitrogens is 3. The van der Waals surface area contributed by atoms with Gasteiger partial charge in [0.15, 0.2) is 0 Å². The first kappa shape index (κ1) is 25.3. The summed E-state index contributed by atoms with van der Waals surface area (Å²) in [5, 5.41) is 15.6. The van der Waals surface area contributed by atoms with Crippen LogP contribution in [0.15, 0.2) is 41.6 Å². The molecule has 188 valence electrons. The smallest absolute Gasteiger partial charge is 0.272 e. The summed E-state index contributed by atoms with van der Waals surface area (Å²) in [7, 11) is 1.60. The molecule has 2 amide bonds. The Morgan fingerprint density at radius 2 is 1.94 bits per heavy atom. The number of hydrogen-bond acceptors (Lipinski definition) is 7. The molecule has 4 rings (SSSR count). The Morgan fingerprint density at radius 3 is 2.67 bits per heavy atom. The Labute approximate surface area is 210 Å². The SMILES string of the molecule is CC(O)C(C)NC(=O)c1cncnc1Nc1cc(-c2cc(Cl)ccc2F)c(=O)n2c1C(=O)N(C)CC2. The van der Waals surface area contributed by atoms with Crippen molar-refractivity contribution in [1.82, 2.24) is 24.8 Å². The third kappa shape index (κ3) is 4.79. The van der Waals surface area contributed by atoms with Gasteiger partial charge in [0.05, 0.1) is 23.4 Å². The normalized spacial score (nSPS) is 14.7. The quantitative estimate of drug-likeness (QED) is 0.460. The summed E-state index contributed by atoms with van der Waals surface area (Å²) in [6.45, 7) is 3.65. The first-order valence-electron chi connectivity index (χ1n) is 11.1. The monoisotopic (exact) mass is 514 g/mol. The number of amides is 2. The Bertz CT molecular complexity index is 1410. The molecule has 1 aromatic carbocycles. The molecule has 0 saturated carbocycles. The van der Waals surface area contributed by atoms with Crippen molar-refractivity contribution < 1.29 is 19.1 Å². The van der Waals surface area contributed by atoms with Gasteiger partial charge in [0.1, 0.15) is 29.2 Å². The molecule has 3 heterocycles. The Balaban J connectivity index is 1.87. The van der Waals surface area contributed by atoms with Gasteiger partial charge in [-0.05, 0) is 38.1 Å². The topological polar surface area (TPSA) is 129 Å². The van der Waals surface area contributed by atoms with Crippen molar-refractivity contribution in [3.63, 3.8) is 0 Å². The molecule has 0 saturated heterocycles. The molecule has 0 spiro atoms. The maximum absolute atomic E-state index is 14.7. The maximum atomic E-state index is 14.7. The summed E-state index contributed by atoms with van der Waals surface area (Å²) < 4.78 is 16.0. The highest BCUT2D eigenvalue weighted by Crippen LogP contribution is 2.30. The molecule has 1 aliphatic rings. The van der Waals surface area contributed by atoms with Gasteiger partial charge in [0.2, 0.25) is 0 Å². The number of likely N-dealkylation sites (N-methyl/N-ethyl adjacent to an activating group) is 1. The summed E-state index contributed by atoms with van der Waals surface area (Å²) in [5.41, 5.74) is -0.351. The van der Waals surface area contributed by atoms with Gasteiger partial charge in [0.25, 0.3) is 17.4 Å². The second kappa shape index (κ2) is 10.0. The van der Waals surface area contributed by atoms with Crippen LogP contribution in [0.5, 0.6) is 0 Å². The molecule has 2 atom stereocenters. The van der Waals surface area contributed by atoms with Crippen LogP contribution in [-0.4, -0.2) is 62.1 Å². The van der Waals surface area contributed by atoms with Crippen molar-refractivity contribution in [1.29, 1.82) is 0 Å². The number of aliphatic hydroxyl groups excluding tert-OH is 1. The van der Waals surface area contributed by atoms with E-state index >= 15 is 0 Å². The van der Waals surface area contributed by atoms with Crippen LogP contribution < -0.4 is 16.2 Å². The summed E-state index contributed by atoms with van der Waals surface area (Å²) in [5.74, 6) is -1.59. The molecule has 36 heavy (non-hydrogen) atoms. The number of nitrogens with one attached hydrogen (secondary N) is 2. The van der Waals surface area contributed by atoms with E-state index in [9.17, 15) is 23.9 Å². The Morgan fingerprint density at radius 1 is 1.19 bits per heavy atom. The molecular weight excluding hydrogens is 491 g/mol. The fourth-order valence-corrected chi connectivity index (χ4v) is 3.94. The molecule has 0 bridgehead atoms.